The molecule has 4 heteroatoms. The summed E-state index contributed by atoms with van der Waals surface area (Å²) in [6, 6.07) is 6.81. The lowest BCUT2D eigenvalue weighted by Crippen LogP contribution is -2.26. The van der Waals surface area contributed by atoms with Crippen LogP contribution in [0.5, 0.6) is 0 Å². The fraction of sp³-hybridized carbons (Fsp3) is 0.417. The van der Waals surface area contributed by atoms with Gasteiger partial charge in [0.1, 0.15) is 0 Å². The zero-order valence-electron chi connectivity index (χ0n) is 9.35. The first kappa shape index (κ1) is 12.7. The molecule has 1 aromatic rings. The Balaban J connectivity index is 2.74. The molecule has 0 aliphatic rings. The molecule has 0 aromatic heterocycles. The molecule has 0 amide bonds. The van der Waals surface area contributed by atoms with E-state index in [9.17, 15) is 4.79 Å². The van der Waals surface area contributed by atoms with Gasteiger partial charge in [-0.05, 0) is 31.0 Å². The minimum Gasteiger partial charge on any atom is -0.462 e. The van der Waals surface area contributed by atoms with Crippen LogP contribution in [0.25, 0.3) is 0 Å². The van der Waals surface area contributed by atoms with Crippen LogP contribution in [0.3, 0.4) is 0 Å². The van der Waals surface area contributed by atoms with Crippen LogP contribution in [-0.2, 0) is 11.2 Å². The summed E-state index contributed by atoms with van der Waals surface area (Å²) in [5.74, 6) is -0.332. The zero-order valence-corrected chi connectivity index (χ0v) is 9.35. The van der Waals surface area contributed by atoms with E-state index in [0.717, 1.165) is 5.56 Å². The quantitative estimate of drug-likeness (QED) is 0.722. The van der Waals surface area contributed by atoms with Crippen molar-refractivity contribution in [2.24, 2.45) is 5.73 Å². The number of hydrogen-bond donors (Lipinski definition) is 2. The van der Waals surface area contributed by atoms with Gasteiger partial charge in [0.25, 0.3) is 0 Å². The molecule has 0 saturated heterocycles. The molecule has 3 N–H and O–H groups in total. The lowest BCUT2D eigenvalue weighted by Gasteiger charge is -2.09. The molecular formula is C12H17NO3. The monoisotopic (exact) mass is 223 g/mol. The molecule has 0 heterocycles. The Kier molecular flexibility index (Phi) is 4.95. The number of hydrogen-bond acceptors (Lipinski definition) is 4. The number of esters is 1. The summed E-state index contributed by atoms with van der Waals surface area (Å²) in [6.07, 6.45) is 0.545. The first-order valence-electron chi connectivity index (χ1n) is 5.30. The van der Waals surface area contributed by atoms with Gasteiger partial charge in [0.15, 0.2) is 0 Å². The Bertz CT molecular complexity index is 352. The molecule has 4 nitrogen and oxygen atoms in total. The number of benzene rings is 1. The lowest BCUT2D eigenvalue weighted by atomic mass is 10.0. The van der Waals surface area contributed by atoms with Gasteiger partial charge >= 0.3 is 5.97 Å². The van der Waals surface area contributed by atoms with Gasteiger partial charge in [0.2, 0.25) is 0 Å². The maximum atomic E-state index is 11.4. The highest BCUT2D eigenvalue weighted by atomic mass is 16.5. The molecule has 1 rings (SSSR count). The van der Waals surface area contributed by atoms with E-state index >= 15 is 0 Å². The Morgan fingerprint density at radius 3 is 2.94 bits per heavy atom. The van der Waals surface area contributed by atoms with Crippen molar-refractivity contribution in [3.8, 4) is 0 Å². The summed E-state index contributed by atoms with van der Waals surface area (Å²) < 4.78 is 4.89. The van der Waals surface area contributed by atoms with Crippen LogP contribution in [0.1, 0.15) is 22.8 Å². The van der Waals surface area contributed by atoms with E-state index in [1.54, 1.807) is 25.1 Å². The standard InChI is InChI=1S/C12H17NO3/c1-2-16-12(15)10-5-3-4-9(6-10)7-11(13)8-14/h3-6,11,14H,2,7-8,13H2,1H3. The largest absolute Gasteiger partial charge is 0.462 e. The van der Waals surface area contributed by atoms with Crippen molar-refractivity contribution in [1.29, 1.82) is 0 Å². The van der Waals surface area contributed by atoms with Crippen LogP contribution in [0.2, 0.25) is 0 Å². The molecule has 0 aliphatic carbocycles. The van der Waals surface area contributed by atoms with Crippen molar-refractivity contribution in [2.75, 3.05) is 13.2 Å². The van der Waals surface area contributed by atoms with Crippen LogP contribution in [-0.4, -0.2) is 30.3 Å². The number of aliphatic hydroxyl groups excluding tert-OH is 1. The lowest BCUT2D eigenvalue weighted by molar-refractivity contribution is 0.0526. The van der Waals surface area contributed by atoms with Crippen LogP contribution in [0, 0.1) is 0 Å². The fourth-order valence-corrected chi connectivity index (χ4v) is 1.41. The number of carbonyl (C=O) groups excluding carboxylic acids is 1. The van der Waals surface area contributed by atoms with E-state index in [4.69, 9.17) is 15.6 Å². The second-order valence-corrected chi connectivity index (χ2v) is 3.57. The van der Waals surface area contributed by atoms with Crippen molar-refractivity contribution in [2.45, 2.75) is 19.4 Å². The first-order valence-corrected chi connectivity index (χ1v) is 5.30. The summed E-state index contributed by atoms with van der Waals surface area (Å²) in [5, 5.41) is 8.84. The topological polar surface area (TPSA) is 72.5 Å². The molecule has 0 spiro atoms. The summed E-state index contributed by atoms with van der Waals surface area (Å²) in [6.45, 7) is 2.06. The predicted molar refractivity (Wildman–Crippen MR) is 61.2 cm³/mol. The Labute approximate surface area is 95.0 Å². The van der Waals surface area contributed by atoms with Crippen molar-refractivity contribution in [3.05, 3.63) is 35.4 Å². The van der Waals surface area contributed by atoms with Crippen LogP contribution < -0.4 is 5.73 Å². The third-order valence-corrected chi connectivity index (χ3v) is 2.17. The number of ether oxygens (including phenoxy) is 1. The summed E-state index contributed by atoms with van der Waals surface area (Å²) in [4.78, 5) is 11.4. The number of carbonyl (C=O) groups is 1. The Morgan fingerprint density at radius 1 is 1.56 bits per heavy atom. The molecule has 16 heavy (non-hydrogen) atoms. The number of nitrogens with two attached hydrogens (primary N) is 1. The van der Waals surface area contributed by atoms with E-state index in [0.29, 0.717) is 18.6 Å². The highest BCUT2D eigenvalue weighted by Gasteiger charge is 2.08. The minimum absolute atomic E-state index is 0.0658. The van der Waals surface area contributed by atoms with Crippen molar-refractivity contribution < 1.29 is 14.6 Å². The molecule has 0 fully saturated rings. The van der Waals surface area contributed by atoms with Gasteiger partial charge in [0.05, 0.1) is 18.8 Å². The second-order valence-electron chi connectivity index (χ2n) is 3.57. The van der Waals surface area contributed by atoms with Crippen LogP contribution >= 0.6 is 0 Å². The Hall–Kier alpha value is -1.39. The van der Waals surface area contributed by atoms with Gasteiger partial charge < -0.3 is 15.6 Å². The number of aliphatic hydroxyl groups is 1. The van der Waals surface area contributed by atoms with Crippen molar-refractivity contribution >= 4 is 5.97 Å². The van der Waals surface area contributed by atoms with Gasteiger partial charge in [-0.2, -0.15) is 0 Å². The minimum atomic E-state index is -0.332. The van der Waals surface area contributed by atoms with Gasteiger partial charge in [-0.1, -0.05) is 12.1 Å². The Morgan fingerprint density at radius 2 is 2.31 bits per heavy atom. The van der Waals surface area contributed by atoms with E-state index in [1.165, 1.54) is 0 Å². The fourth-order valence-electron chi connectivity index (χ4n) is 1.41. The van der Waals surface area contributed by atoms with Gasteiger partial charge in [-0.25, -0.2) is 4.79 Å². The van der Waals surface area contributed by atoms with E-state index in [2.05, 4.69) is 0 Å². The van der Waals surface area contributed by atoms with E-state index in [-0.39, 0.29) is 18.6 Å². The highest BCUT2D eigenvalue weighted by molar-refractivity contribution is 5.89. The normalized spacial score (nSPS) is 12.2. The molecule has 0 aliphatic heterocycles. The molecule has 1 atom stereocenters. The summed E-state index contributed by atoms with van der Waals surface area (Å²) in [5.41, 5.74) is 7.06. The molecule has 88 valence electrons. The SMILES string of the molecule is CCOC(=O)c1cccc(CC(N)CO)c1. The van der Waals surface area contributed by atoms with Gasteiger partial charge in [0, 0.05) is 6.04 Å². The summed E-state index contributed by atoms with van der Waals surface area (Å²) >= 11 is 0. The molecule has 1 unspecified atom stereocenters. The molecule has 0 saturated carbocycles. The van der Waals surface area contributed by atoms with Crippen molar-refractivity contribution in [1.82, 2.24) is 0 Å². The van der Waals surface area contributed by atoms with Crippen LogP contribution in [0.15, 0.2) is 24.3 Å². The van der Waals surface area contributed by atoms with E-state index in [1.807, 2.05) is 6.07 Å². The molecular weight excluding hydrogens is 206 g/mol. The molecule has 1 aromatic carbocycles. The summed E-state index contributed by atoms with van der Waals surface area (Å²) in [7, 11) is 0. The smallest absolute Gasteiger partial charge is 0.338 e. The second kappa shape index (κ2) is 6.25. The van der Waals surface area contributed by atoms with Gasteiger partial charge in [-0.15, -0.1) is 0 Å². The molecule has 0 bridgehead atoms. The van der Waals surface area contributed by atoms with Crippen LogP contribution in [0.4, 0.5) is 0 Å². The van der Waals surface area contributed by atoms with E-state index < -0.39 is 0 Å². The van der Waals surface area contributed by atoms with Crippen molar-refractivity contribution in [3.63, 3.8) is 0 Å². The maximum absolute atomic E-state index is 11.4. The third-order valence-electron chi connectivity index (χ3n) is 2.17. The predicted octanol–water partition coefficient (Wildman–Crippen LogP) is 0.725. The van der Waals surface area contributed by atoms with Gasteiger partial charge in [-0.3, -0.25) is 0 Å². The highest BCUT2D eigenvalue weighted by Crippen LogP contribution is 2.08. The third kappa shape index (κ3) is 3.64. The zero-order chi connectivity index (χ0) is 12.0. The number of rotatable bonds is 5. The average Bonchev–Trinajstić information content (AvgIpc) is 2.29. The maximum Gasteiger partial charge on any atom is 0.338 e. The first-order chi connectivity index (χ1) is 7.67. The molecule has 0 radical (unpaired) electrons. The average molecular weight is 223 g/mol.